The number of hydrogen-bond acceptors (Lipinski definition) is 3. The van der Waals surface area contributed by atoms with Crippen molar-refractivity contribution in [3.05, 3.63) is 58.0 Å². The van der Waals surface area contributed by atoms with Crippen LogP contribution in [-0.4, -0.2) is 13.1 Å². The lowest BCUT2D eigenvalue weighted by molar-refractivity contribution is 0.559. The Morgan fingerprint density at radius 3 is 2.42 bits per heavy atom. The predicted octanol–water partition coefficient (Wildman–Crippen LogP) is 5.64. The first-order valence-corrected chi connectivity index (χ1v) is 8.72. The number of anilines is 1. The first kappa shape index (κ1) is 19.8. The Bertz CT molecular complexity index is 765. The van der Waals surface area contributed by atoms with Crippen LogP contribution < -0.4 is 10.5 Å². The van der Waals surface area contributed by atoms with Crippen molar-refractivity contribution in [2.45, 2.75) is 41.5 Å². The molecule has 130 valence electrons. The quantitative estimate of drug-likeness (QED) is 0.526. The molecule has 0 radical (unpaired) electrons. The smallest absolute Gasteiger partial charge is 0.343 e. The van der Waals surface area contributed by atoms with Crippen LogP contribution in [-0.2, 0) is 0 Å². The fourth-order valence-electron chi connectivity index (χ4n) is 2.33. The lowest BCUT2D eigenvalue weighted by atomic mass is 10.1. The minimum Gasteiger partial charge on any atom is -0.422 e. The summed E-state index contributed by atoms with van der Waals surface area (Å²) in [7, 11) is 0. The van der Waals surface area contributed by atoms with Crippen molar-refractivity contribution < 1.29 is 4.42 Å². The van der Waals surface area contributed by atoms with Gasteiger partial charge in [-0.15, -0.1) is 0 Å². The van der Waals surface area contributed by atoms with Crippen LogP contribution in [0.4, 0.5) is 5.69 Å². The first-order chi connectivity index (χ1) is 11.6. The molecule has 0 spiro atoms. The van der Waals surface area contributed by atoms with Gasteiger partial charge in [0.2, 0.25) is 0 Å². The molecule has 0 aliphatic rings. The second kappa shape index (κ2) is 9.76. The van der Waals surface area contributed by atoms with E-state index in [1.807, 2.05) is 58.0 Å². The average Bonchev–Trinajstić information content (AvgIpc) is 2.62. The second-order valence-electron chi connectivity index (χ2n) is 5.25. The second-order valence-corrected chi connectivity index (χ2v) is 5.25. The Morgan fingerprint density at radius 1 is 1.17 bits per heavy atom. The molecular weight excluding hydrogens is 298 g/mol. The molecule has 0 N–H and O–H groups in total. The average molecular weight is 327 g/mol. The van der Waals surface area contributed by atoms with Gasteiger partial charge in [-0.25, -0.2) is 4.79 Å². The van der Waals surface area contributed by atoms with Gasteiger partial charge in [0.15, 0.2) is 0 Å². The zero-order valence-corrected chi connectivity index (χ0v) is 15.7. The Labute approximate surface area is 145 Å². The molecule has 0 unspecified atom stereocenters. The molecule has 0 aliphatic heterocycles. The number of hydrogen-bond donors (Lipinski definition) is 0. The van der Waals surface area contributed by atoms with Crippen LogP contribution in [0.25, 0.3) is 17.0 Å². The summed E-state index contributed by atoms with van der Waals surface area (Å²) in [6.45, 7) is 14.0. The number of benzene rings is 1. The number of nitrogens with zero attached hydrogens (tertiary/aromatic N) is 1. The molecule has 0 amide bonds. The number of fused-ring (bicyclic) bond motifs is 1. The normalized spacial score (nSPS) is 11.5. The van der Waals surface area contributed by atoms with Crippen molar-refractivity contribution in [2.24, 2.45) is 0 Å². The molecule has 0 bridgehead atoms. The molecule has 1 aromatic heterocycles. The molecule has 0 aliphatic carbocycles. The van der Waals surface area contributed by atoms with E-state index < -0.39 is 0 Å². The van der Waals surface area contributed by atoms with Crippen molar-refractivity contribution in [2.75, 3.05) is 18.0 Å². The fraction of sp³-hybridized carbons (Fsp3) is 0.381. The molecular formula is C21H29NO2. The van der Waals surface area contributed by atoms with Crippen molar-refractivity contribution in [1.82, 2.24) is 0 Å². The number of rotatable bonds is 5. The molecule has 3 heteroatoms. The molecule has 2 rings (SSSR count). The molecule has 0 saturated heterocycles. The van der Waals surface area contributed by atoms with Crippen LogP contribution in [0, 0.1) is 0 Å². The van der Waals surface area contributed by atoms with Crippen LogP contribution in [0.1, 0.15) is 47.1 Å². The zero-order valence-electron chi connectivity index (χ0n) is 15.7. The van der Waals surface area contributed by atoms with Gasteiger partial charge in [-0.05, 0) is 52.0 Å². The molecule has 0 atom stereocenters. The molecule has 1 heterocycles. The molecule has 2 aromatic rings. The summed E-state index contributed by atoms with van der Waals surface area (Å²) in [5, 5.41) is 0.938. The van der Waals surface area contributed by atoms with Gasteiger partial charge in [0.05, 0.1) is 5.56 Å². The van der Waals surface area contributed by atoms with Gasteiger partial charge in [-0.1, -0.05) is 31.6 Å². The van der Waals surface area contributed by atoms with E-state index in [1.54, 1.807) is 6.08 Å². The van der Waals surface area contributed by atoms with E-state index in [-0.39, 0.29) is 5.63 Å². The van der Waals surface area contributed by atoms with Gasteiger partial charge < -0.3 is 9.32 Å². The third-order valence-corrected chi connectivity index (χ3v) is 3.86. The highest BCUT2D eigenvalue weighted by atomic mass is 16.4. The van der Waals surface area contributed by atoms with Gasteiger partial charge in [-0.2, -0.15) is 0 Å². The van der Waals surface area contributed by atoms with Crippen molar-refractivity contribution in [1.29, 1.82) is 0 Å². The standard InChI is InChI=1S/C19H23NO2.C2H6/c1-5-14(4)8-9-16-12-15-10-11-17(20(6-2)7-3)13-18(15)22-19(16)21;1-2/h5,8-13H,6-7H2,1-4H3;1-2H3/b9-8+,14-5+;. The highest BCUT2D eigenvalue weighted by Gasteiger charge is 2.07. The molecule has 3 nitrogen and oxygen atoms in total. The summed E-state index contributed by atoms with van der Waals surface area (Å²) in [5.74, 6) is 0. The van der Waals surface area contributed by atoms with Crippen LogP contribution in [0.15, 0.2) is 51.2 Å². The van der Waals surface area contributed by atoms with Gasteiger partial charge in [0.1, 0.15) is 5.58 Å². The maximum Gasteiger partial charge on any atom is 0.343 e. The van der Waals surface area contributed by atoms with E-state index in [0.29, 0.717) is 11.1 Å². The summed E-state index contributed by atoms with van der Waals surface area (Å²) in [6.07, 6.45) is 5.72. The summed E-state index contributed by atoms with van der Waals surface area (Å²) in [5.41, 5.74) is 3.09. The molecule has 1 aromatic carbocycles. The van der Waals surface area contributed by atoms with Crippen LogP contribution >= 0.6 is 0 Å². The minimum atomic E-state index is -0.302. The van der Waals surface area contributed by atoms with Gasteiger partial charge in [0, 0.05) is 30.2 Å². The van der Waals surface area contributed by atoms with Crippen LogP contribution in [0.2, 0.25) is 0 Å². The van der Waals surface area contributed by atoms with E-state index in [1.165, 1.54) is 0 Å². The lowest BCUT2D eigenvalue weighted by Crippen LogP contribution is -2.21. The van der Waals surface area contributed by atoms with Crippen molar-refractivity contribution in [3.8, 4) is 0 Å². The van der Waals surface area contributed by atoms with Gasteiger partial charge >= 0.3 is 5.63 Å². The van der Waals surface area contributed by atoms with Gasteiger partial charge in [-0.3, -0.25) is 0 Å². The van der Waals surface area contributed by atoms with E-state index in [2.05, 4.69) is 24.8 Å². The maximum absolute atomic E-state index is 12.1. The molecule has 24 heavy (non-hydrogen) atoms. The Balaban J connectivity index is 0.00000139. The Kier molecular flexibility index (Phi) is 8.03. The van der Waals surface area contributed by atoms with Crippen molar-refractivity contribution >= 4 is 22.7 Å². The topological polar surface area (TPSA) is 33.5 Å². The van der Waals surface area contributed by atoms with E-state index in [9.17, 15) is 4.79 Å². The SMILES string of the molecule is C/C=C(C)/C=C/c1cc2ccc(N(CC)CC)cc2oc1=O.CC. The van der Waals surface area contributed by atoms with Crippen LogP contribution in [0.3, 0.4) is 0 Å². The zero-order chi connectivity index (χ0) is 18.1. The summed E-state index contributed by atoms with van der Waals surface area (Å²) < 4.78 is 5.49. The van der Waals surface area contributed by atoms with Crippen LogP contribution in [0.5, 0.6) is 0 Å². The Hall–Kier alpha value is -2.29. The fourth-order valence-corrected chi connectivity index (χ4v) is 2.33. The van der Waals surface area contributed by atoms with E-state index in [0.717, 1.165) is 29.7 Å². The van der Waals surface area contributed by atoms with Crippen molar-refractivity contribution in [3.63, 3.8) is 0 Å². The van der Waals surface area contributed by atoms with E-state index in [4.69, 9.17) is 4.42 Å². The first-order valence-electron chi connectivity index (χ1n) is 8.72. The predicted molar refractivity (Wildman–Crippen MR) is 106 cm³/mol. The summed E-state index contributed by atoms with van der Waals surface area (Å²) >= 11 is 0. The third-order valence-electron chi connectivity index (χ3n) is 3.86. The molecule has 0 fully saturated rings. The summed E-state index contributed by atoms with van der Waals surface area (Å²) in [4.78, 5) is 14.3. The van der Waals surface area contributed by atoms with E-state index >= 15 is 0 Å². The third kappa shape index (κ3) is 4.85. The highest BCUT2D eigenvalue weighted by molar-refractivity contribution is 5.82. The monoisotopic (exact) mass is 327 g/mol. The highest BCUT2D eigenvalue weighted by Crippen LogP contribution is 2.22. The molecule has 0 saturated carbocycles. The summed E-state index contributed by atoms with van der Waals surface area (Å²) in [6, 6.07) is 7.90. The maximum atomic E-state index is 12.1. The minimum absolute atomic E-state index is 0.302. The lowest BCUT2D eigenvalue weighted by Gasteiger charge is -2.20. The van der Waals surface area contributed by atoms with Gasteiger partial charge in [0.25, 0.3) is 0 Å². The number of allylic oxidation sites excluding steroid dienone is 3. The Morgan fingerprint density at radius 2 is 1.83 bits per heavy atom. The largest absolute Gasteiger partial charge is 0.422 e.